The van der Waals surface area contributed by atoms with Crippen LogP contribution in [0.25, 0.3) is 0 Å². The first kappa shape index (κ1) is 16.0. The molecule has 4 nitrogen and oxygen atoms in total. The van der Waals surface area contributed by atoms with Crippen molar-refractivity contribution in [2.45, 2.75) is 66.1 Å². The molecule has 2 bridgehead atoms. The van der Waals surface area contributed by atoms with Crippen molar-refractivity contribution in [3.8, 4) is 0 Å². The molecule has 0 aromatic rings. The van der Waals surface area contributed by atoms with Crippen LogP contribution < -0.4 is 0 Å². The summed E-state index contributed by atoms with van der Waals surface area (Å²) < 4.78 is 10.7. The van der Waals surface area contributed by atoms with Crippen molar-refractivity contribution < 1.29 is 19.1 Å². The second-order valence-electron chi connectivity index (χ2n) is 5.07. The molecule has 19 heavy (non-hydrogen) atoms. The molecular formula is C15H26O4. The molecule has 0 spiro atoms. The summed E-state index contributed by atoms with van der Waals surface area (Å²) in [5.74, 6) is 0.274. The lowest BCUT2D eigenvalue weighted by atomic mass is 9.80. The Kier molecular flexibility index (Phi) is 4.99. The molecule has 3 fully saturated rings. The summed E-state index contributed by atoms with van der Waals surface area (Å²) in [5.41, 5.74) is -0.570. The van der Waals surface area contributed by atoms with Gasteiger partial charge in [0.05, 0.1) is 5.92 Å². The lowest BCUT2D eigenvalue weighted by molar-refractivity contribution is -0.177. The molecule has 2 aliphatic carbocycles. The molecule has 5 atom stereocenters. The molecule has 2 saturated carbocycles. The Labute approximate surface area is 115 Å². The van der Waals surface area contributed by atoms with Crippen LogP contribution in [0.1, 0.15) is 54.4 Å². The maximum absolute atomic E-state index is 11.5. The average Bonchev–Trinajstić information content (AvgIpc) is 2.99. The van der Waals surface area contributed by atoms with Crippen molar-refractivity contribution in [1.29, 1.82) is 0 Å². The highest BCUT2D eigenvalue weighted by Gasteiger charge is 2.68. The maximum atomic E-state index is 11.5. The zero-order valence-electron chi connectivity index (χ0n) is 12.9. The number of carbonyl (C=O) groups is 2. The number of hydrogen-bond donors (Lipinski definition) is 0. The predicted octanol–water partition coefficient (Wildman–Crippen LogP) is 2.94. The molecule has 110 valence electrons. The van der Waals surface area contributed by atoms with Crippen LogP contribution in [0.2, 0.25) is 0 Å². The van der Waals surface area contributed by atoms with E-state index >= 15 is 0 Å². The maximum Gasteiger partial charge on any atom is 0.309 e. The fraction of sp³-hybridized carbons (Fsp3) is 0.867. The fourth-order valence-electron chi connectivity index (χ4n) is 3.67. The highest BCUT2D eigenvalue weighted by Crippen LogP contribution is 2.60. The summed E-state index contributed by atoms with van der Waals surface area (Å²) in [6, 6.07) is 0. The smallest absolute Gasteiger partial charge is 0.309 e. The summed E-state index contributed by atoms with van der Waals surface area (Å²) in [7, 11) is 0. The van der Waals surface area contributed by atoms with Gasteiger partial charge in [0.15, 0.2) is 0 Å². The molecule has 5 unspecified atom stereocenters. The third-order valence-corrected chi connectivity index (χ3v) is 4.29. The van der Waals surface area contributed by atoms with Crippen molar-refractivity contribution in [1.82, 2.24) is 0 Å². The minimum Gasteiger partial charge on any atom is -0.458 e. The normalized spacial score (nSPS) is 40.6. The van der Waals surface area contributed by atoms with E-state index in [1.54, 1.807) is 0 Å². The molecule has 1 saturated heterocycles. The van der Waals surface area contributed by atoms with Crippen molar-refractivity contribution >= 4 is 11.9 Å². The summed E-state index contributed by atoms with van der Waals surface area (Å²) in [6.07, 6.45) is 1.59. The first-order valence-electron chi connectivity index (χ1n) is 7.42. The van der Waals surface area contributed by atoms with Crippen LogP contribution in [-0.4, -0.2) is 23.6 Å². The third-order valence-electron chi connectivity index (χ3n) is 4.29. The van der Waals surface area contributed by atoms with Gasteiger partial charge in [0, 0.05) is 18.8 Å². The largest absolute Gasteiger partial charge is 0.458 e. The lowest BCUT2D eigenvalue weighted by Crippen LogP contribution is -2.47. The van der Waals surface area contributed by atoms with Crippen LogP contribution in [0.4, 0.5) is 0 Å². The molecule has 1 aliphatic heterocycles. The lowest BCUT2D eigenvalue weighted by Gasteiger charge is -2.35. The minimum atomic E-state index is -0.570. The van der Waals surface area contributed by atoms with Crippen LogP contribution in [0.3, 0.4) is 0 Å². The number of ether oxygens (including phenoxy) is 2. The third kappa shape index (κ3) is 2.37. The number of hydrogen-bond acceptors (Lipinski definition) is 4. The quantitative estimate of drug-likeness (QED) is 0.687. The number of carbonyl (C=O) groups excluding carboxylic acids is 2. The molecule has 3 aliphatic rings. The van der Waals surface area contributed by atoms with Gasteiger partial charge < -0.3 is 9.47 Å². The van der Waals surface area contributed by atoms with Gasteiger partial charge in [-0.25, -0.2) is 0 Å². The number of esters is 2. The van der Waals surface area contributed by atoms with Gasteiger partial charge in [-0.1, -0.05) is 27.7 Å². The average molecular weight is 270 g/mol. The van der Waals surface area contributed by atoms with Gasteiger partial charge in [0.2, 0.25) is 0 Å². The van der Waals surface area contributed by atoms with Crippen LogP contribution >= 0.6 is 0 Å². The predicted molar refractivity (Wildman–Crippen MR) is 72.5 cm³/mol. The van der Waals surface area contributed by atoms with Gasteiger partial charge in [-0.15, -0.1) is 0 Å². The molecular weight excluding hydrogens is 244 g/mol. The van der Waals surface area contributed by atoms with Gasteiger partial charge in [0.1, 0.15) is 11.7 Å². The highest BCUT2D eigenvalue weighted by molar-refractivity contribution is 5.77. The molecule has 0 radical (unpaired) electrons. The molecule has 0 aromatic heterocycles. The van der Waals surface area contributed by atoms with E-state index in [4.69, 9.17) is 9.47 Å². The number of rotatable bonds is 1. The van der Waals surface area contributed by atoms with Crippen molar-refractivity contribution in [3.05, 3.63) is 0 Å². The topological polar surface area (TPSA) is 52.6 Å². The molecule has 0 N–H and O–H groups in total. The van der Waals surface area contributed by atoms with Crippen LogP contribution in [0, 0.1) is 17.8 Å². The summed E-state index contributed by atoms with van der Waals surface area (Å²) >= 11 is 0. The Morgan fingerprint density at radius 1 is 1.26 bits per heavy atom. The number of fused-ring (bicyclic) bond motifs is 1. The molecule has 3 rings (SSSR count). The summed E-state index contributed by atoms with van der Waals surface area (Å²) in [4.78, 5) is 22.6. The Morgan fingerprint density at radius 3 is 2.37 bits per heavy atom. The Balaban J connectivity index is 0.000000415. The SMILES string of the molecule is CC.CC.CC(=O)OC1(C)C2CC3C(=O)OC1C3C2. The van der Waals surface area contributed by atoms with Crippen LogP contribution in [0.15, 0.2) is 0 Å². The van der Waals surface area contributed by atoms with Gasteiger partial charge >= 0.3 is 11.9 Å². The van der Waals surface area contributed by atoms with E-state index in [1.807, 2.05) is 34.6 Å². The second kappa shape index (κ2) is 5.93. The van der Waals surface area contributed by atoms with E-state index in [-0.39, 0.29) is 29.9 Å². The van der Waals surface area contributed by atoms with E-state index in [9.17, 15) is 9.59 Å². The first-order valence-corrected chi connectivity index (χ1v) is 7.42. The first-order chi connectivity index (χ1) is 9.02. The zero-order valence-corrected chi connectivity index (χ0v) is 12.9. The van der Waals surface area contributed by atoms with E-state index in [1.165, 1.54) is 6.92 Å². The Bertz CT molecular complexity index is 352. The Hall–Kier alpha value is -1.06. The van der Waals surface area contributed by atoms with E-state index in [0.29, 0.717) is 5.92 Å². The monoisotopic (exact) mass is 270 g/mol. The van der Waals surface area contributed by atoms with Crippen molar-refractivity contribution in [2.75, 3.05) is 0 Å². The zero-order chi connectivity index (χ0) is 14.8. The van der Waals surface area contributed by atoms with E-state index < -0.39 is 5.60 Å². The fourth-order valence-corrected chi connectivity index (χ4v) is 3.67. The summed E-state index contributed by atoms with van der Waals surface area (Å²) in [6.45, 7) is 11.3. The summed E-state index contributed by atoms with van der Waals surface area (Å²) in [5, 5.41) is 0. The standard InChI is InChI=1S/C11H14O4.2C2H6/c1-5(12)15-11(2)6-3-7-8(4-6)10(13)14-9(7)11;2*1-2/h6-9H,3-4H2,1-2H3;2*1-2H3. The van der Waals surface area contributed by atoms with Crippen LogP contribution in [0.5, 0.6) is 0 Å². The van der Waals surface area contributed by atoms with Gasteiger partial charge in [-0.2, -0.15) is 0 Å². The van der Waals surface area contributed by atoms with Gasteiger partial charge in [0.25, 0.3) is 0 Å². The van der Waals surface area contributed by atoms with Gasteiger partial charge in [-0.05, 0) is 19.8 Å². The Morgan fingerprint density at radius 2 is 1.84 bits per heavy atom. The molecule has 1 heterocycles. The molecule has 0 aromatic carbocycles. The van der Waals surface area contributed by atoms with E-state index in [2.05, 4.69) is 0 Å². The van der Waals surface area contributed by atoms with Gasteiger partial charge in [-0.3, -0.25) is 9.59 Å². The second-order valence-corrected chi connectivity index (χ2v) is 5.07. The van der Waals surface area contributed by atoms with Crippen molar-refractivity contribution in [2.24, 2.45) is 17.8 Å². The molecule has 0 amide bonds. The van der Waals surface area contributed by atoms with Crippen LogP contribution in [-0.2, 0) is 19.1 Å². The minimum absolute atomic E-state index is 0.0728. The highest BCUT2D eigenvalue weighted by atomic mass is 16.6. The van der Waals surface area contributed by atoms with Crippen molar-refractivity contribution in [3.63, 3.8) is 0 Å². The molecule has 4 heteroatoms. The van der Waals surface area contributed by atoms with E-state index in [0.717, 1.165) is 12.8 Å².